The van der Waals surface area contributed by atoms with E-state index in [9.17, 15) is 19.2 Å². The van der Waals surface area contributed by atoms with Gasteiger partial charge >= 0.3 is 17.9 Å². The topological polar surface area (TPSA) is 167 Å². The van der Waals surface area contributed by atoms with Crippen LogP contribution in [0.4, 0.5) is 0 Å². The average Bonchev–Trinajstić information content (AvgIpc) is 3.20. The van der Waals surface area contributed by atoms with Gasteiger partial charge in [-0.05, 0) is 76.6 Å². The van der Waals surface area contributed by atoms with E-state index in [2.05, 4.69) is 11.1 Å². The number of ketones is 1. The third-order valence-electron chi connectivity index (χ3n) is 10.9. The molecule has 15 heteroatoms. The second kappa shape index (κ2) is 24.2. The number of nitrogens with zero attached hydrogens (tertiary/aromatic N) is 2. The minimum atomic E-state index is -1.25. The molecule has 11 atom stereocenters. The van der Waals surface area contributed by atoms with E-state index < -0.39 is 91.1 Å². The van der Waals surface area contributed by atoms with Gasteiger partial charge in [0.1, 0.15) is 24.4 Å². The number of para-hydroxylation sites is 1. The summed E-state index contributed by atoms with van der Waals surface area (Å²) < 4.78 is 55.0. The molecule has 1 fully saturated rings. The summed E-state index contributed by atoms with van der Waals surface area (Å²) in [7, 11) is 8.07. The summed E-state index contributed by atoms with van der Waals surface area (Å²) in [5.74, 6) is -3.20. The largest absolute Gasteiger partial charge is 0.494 e. The number of aromatic nitrogens is 1. The van der Waals surface area contributed by atoms with E-state index in [4.69, 9.17) is 42.6 Å². The van der Waals surface area contributed by atoms with Crippen LogP contribution >= 0.6 is 0 Å². The zero-order valence-electron chi connectivity index (χ0n) is 37.1. The fourth-order valence-corrected chi connectivity index (χ4v) is 7.92. The molecule has 0 spiro atoms. The van der Waals surface area contributed by atoms with Crippen molar-refractivity contribution in [3.05, 3.63) is 78.7 Å². The van der Waals surface area contributed by atoms with Crippen LogP contribution in [0.25, 0.3) is 10.9 Å². The van der Waals surface area contributed by atoms with Gasteiger partial charge in [0.2, 0.25) is 0 Å². The summed E-state index contributed by atoms with van der Waals surface area (Å²) in [6, 6.07) is 9.37. The van der Waals surface area contributed by atoms with Crippen LogP contribution in [0, 0.1) is 11.8 Å². The molecule has 61 heavy (non-hydrogen) atoms. The van der Waals surface area contributed by atoms with Gasteiger partial charge < -0.3 is 42.6 Å². The number of allylic oxidation sites excluding steroid dienone is 4. The molecule has 0 radical (unpaired) electrons. The molecular formula is C46H64N2O13. The highest BCUT2D eigenvalue weighted by Crippen LogP contribution is 2.36. The Morgan fingerprint density at radius 1 is 0.951 bits per heavy atom. The third-order valence-corrected chi connectivity index (χ3v) is 10.9. The van der Waals surface area contributed by atoms with Crippen molar-refractivity contribution in [2.24, 2.45) is 11.8 Å². The Bertz CT molecular complexity index is 1830. The molecule has 15 nitrogen and oxygen atoms in total. The number of rotatable bonds is 14. The smallest absolute Gasteiger partial charge is 0.309 e. The number of esters is 3. The van der Waals surface area contributed by atoms with Crippen molar-refractivity contribution < 1.29 is 61.8 Å². The molecule has 0 amide bonds. The number of carbonyl (C=O) groups is 4. The van der Waals surface area contributed by atoms with E-state index in [1.807, 2.05) is 62.5 Å². The molecule has 2 aliphatic heterocycles. The number of fused-ring (bicyclic) bond motifs is 1. The predicted molar refractivity (Wildman–Crippen MR) is 226 cm³/mol. The van der Waals surface area contributed by atoms with E-state index in [1.165, 1.54) is 41.3 Å². The number of cyclic esters (lactones) is 1. The number of ether oxygens (including phenoxy) is 9. The Balaban J connectivity index is 1.76. The van der Waals surface area contributed by atoms with Crippen molar-refractivity contribution in [2.75, 3.05) is 35.4 Å². The van der Waals surface area contributed by atoms with Gasteiger partial charge in [0.25, 0.3) is 0 Å². The SMILES string of the molecule is COC(CC1C[C@@H](C)C(=O)/C=C/C=C/C[C@@H](C)OC(=O)CC(OC(C)=O)[C@H](OC)[C@H]1O[C@@H]1O[C@H](C)[C@@H](O/C=C/Cc2cnc3ccccc3c2)[C@H](N(C)C)[C@H]1OC(C)=O)OC. The molecule has 4 rings (SSSR count). The summed E-state index contributed by atoms with van der Waals surface area (Å²) in [5.41, 5.74) is 1.91. The summed E-state index contributed by atoms with van der Waals surface area (Å²) in [6.45, 7) is 7.90. The Labute approximate surface area is 359 Å². The Hall–Kier alpha value is -4.51. The van der Waals surface area contributed by atoms with E-state index in [0.29, 0.717) is 12.8 Å². The van der Waals surface area contributed by atoms with Gasteiger partial charge in [0.05, 0.1) is 36.4 Å². The van der Waals surface area contributed by atoms with Crippen LogP contribution in [-0.2, 0) is 68.2 Å². The first-order valence-electron chi connectivity index (χ1n) is 20.8. The summed E-state index contributed by atoms with van der Waals surface area (Å²) >= 11 is 0. The number of hydrogen-bond donors (Lipinski definition) is 0. The first kappa shape index (κ1) is 49.1. The quantitative estimate of drug-likeness (QED) is 0.0986. The molecule has 336 valence electrons. The second-order valence-corrected chi connectivity index (χ2v) is 15.9. The van der Waals surface area contributed by atoms with Gasteiger partial charge in [0.15, 0.2) is 24.5 Å². The molecule has 1 aromatic carbocycles. The lowest BCUT2D eigenvalue weighted by atomic mass is 9.82. The summed E-state index contributed by atoms with van der Waals surface area (Å²) in [6.07, 6.45) is 4.62. The molecule has 0 aliphatic carbocycles. The summed E-state index contributed by atoms with van der Waals surface area (Å²) in [4.78, 5) is 59.0. The van der Waals surface area contributed by atoms with Crippen molar-refractivity contribution in [1.82, 2.24) is 9.88 Å². The number of likely N-dealkylation sites (N-methyl/N-ethyl adjacent to an activating group) is 1. The van der Waals surface area contributed by atoms with Crippen molar-refractivity contribution in [1.29, 1.82) is 0 Å². The van der Waals surface area contributed by atoms with Crippen molar-refractivity contribution in [3.8, 4) is 0 Å². The summed E-state index contributed by atoms with van der Waals surface area (Å²) in [5, 5.41) is 1.03. The zero-order valence-corrected chi connectivity index (χ0v) is 37.1. The lowest BCUT2D eigenvalue weighted by molar-refractivity contribution is -0.313. The number of methoxy groups -OCH3 is 3. The maximum Gasteiger partial charge on any atom is 0.309 e. The van der Waals surface area contributed by atoms with E-state index in [1.54, 1.807) is 38.3 Å². The Morgan fingerprint density at radius 3 is 2.34 bits per heavy atom. The molecule has 1 saturated heterocycles. The maximum absolute atomic E-state index is 13.5. The van der Waals surface area contributed by atoms with Gasteiger partial charge in [-0.25, -0.2) is 0 Å². The molecular weight excluding hydrogens is 789 g/mol. The number of hydrogen-bond acceptors (Lipinski definition) is 15. The van der Waals surface area contributed by atoms with Gasteiger partial charge in [-0.2, -0.15) is 0 Å². The molecule has 2 aromatic rings. The predicted octanol–water partition coefficient (Wildman–Crippen LogP) is 5.67. The maximum atomic E-state index is 13.5. The molecule has 0 bridgehead atoms. The molecule has 2 aliphatic rings. The van der Waals surface area contributed by atoms with Crippen LogP contribution in [0.15, 0.2) is 73.2 Å². The zero-order chi connectivity index (χ0) is 44.6. The van der Waals surface area contributed by atoms with E-state index in [-0.39, 0.29) is 25.0 Å². The fourth-order valence-electron chi connectivity index (χ4n) is 7.92. The number of carbonyl (C=O) groups excluding carboxylic acids is 4. The third kappa shape index (κ3) is 14.5. The van der Waals surface area contributed by atoms with Crippen LogP contribution in [-0.4, -0.2) is 130 Å². The first-order chi connectivity index (χ1) is 29.1. The molecule has 3 heterocycles. The molecule has 0 N–H and O–H groups in total. The highest BCUT2D eigenvalue weighted by molar-refractivity contribution is 5.91. The minimum Gasteiger partial charge on any atom is -0.494 e. The van der Waals surface area contributed by atoms with E-state index >= 15 is 0 Å². The van der Waals surface area contributed by atoms with Gasteiger partial charge in [-0.15, -0.1) is 0 Å². The Morgan fingerprint density at radius 2 is 1.67 bits per heavy atom. The van der Waals surface area contributed by atoms with Crippen LogP contribution in [0.1, 0.15) is 65.9 Å². The van der Waals surface area contributed by atoms with Gasteiger partial charge in [-0.1, -0.05) is 43.4 Å². The van der Waals surface area contributed by atoms with Crippen LogP contribution < -0.4 is 0 Å². The second-order valence-electron chi connectivity index (χ2n) is 15.9. The molecule has 0 saturated carbocycles. The van der Waals surface area contributed by atoms with E-state index in [0.717, 1.165) is 16.5 Å². The van der Waals surface area contributed by atoms with Crippen molar-refractivity contribution >= 4 is 34.6 Å². The normalized spacial score (nSPS) is 30.6. The highest BCUT2D eigenvalue weighted by Gasteiger charge is 2.52. The van der Waals surface area contributed by atoms with Gasteiger partial charge in [-0.3, -0.25) is 29.1 Å². The Kier molecular flexibility index (Phi) is 19.5. The first-order valence-corrected chi connectivity index (χ1v) is 20.8. The lowest BCUT2D eigenvalue weighted by Gasteiger charge is -2.48. The molecule has 1 aromatic heterocycles. The highest BCUT2D eigenvalue weighted by atomic mass is 16.7. The van der Waals surface area contributed by atoms with Crippen molar-refractivity contribution in [3.63, 3.8) is 0 Å². The molecule has 2 unspecified atom stereocenters. The minimum absolute atomic E-state index is 0.144. The van der Waals surface area contributed by atoms with Crippen LogP contribution in [0.2, 0.25) is 0 Å². The van der Waals surface area contributed by atoms with Crippen molar-refractivity contribution in [2.45, 2.75) is 128 Å². The standard InChI is InChI=1S/C46H64N2O13/c1-28-23-35(25-40(53-8)54-9)43(44(55-10)38(59-31(4)49)26-39(52)57-29(2)17-12-11-13-21-37(28)51)61-46-45(60-32(5)50)41(48(6)7)42(30(3)58-46)56-22-16-18-33-24-34-19-14-15-20-36(34)47-27-33/h11-16,19-22,24,27-30,35,38,40-46H,17-18,23,25-26H2,1-10H3/b12-11+,21-13+,22-16+/t28-,29-,30-,35?,38?,41+,42-,43+,44+,45-,46+/m1/s1. The fraction of sp³-hybridized carbons (Fsp3) is 0.587. The monoisotopic (exact) mass is 852 g/mol. The average molecular weight is 853 g/mol. The number of benzene rings is 1. The van der Waals surface area contributed by atoms with Crippen LogP contribution in [0.3, 0.4) is 0 Å². The van der Waals surface area contributed by atoms with Gasteiger partial charge in [0, 0.05) is 65.5 Å². The lowest BCUT2D eigenvalue weighted by Crippen LogP contribution is -2.65. The number of pyridine rings is 1. The van der Waals surface area contributed by atoms with Crippen LogP contribution in [0.5, 0.6) is 0 Å².